The van der Waals surface area contributed by atoms with Crippen molar-refractivity contribution in [1.82, 2.24) is 19.3 Å². The topological polar surface area (TPSA) is 91.0 Å². The third-order valence-corrected chi connectivity index (χ3v) is 9.11. The fourth-order valence-corrected chi connectivity index (χ4v) is 6.77. The van der Waals surface area contributed by atoms with E-state index in [-0.39, 0.29) is 16.7 Å². The zero-order chi connectivity index (χ0) is 25.0. The number of anilines is 1. The summed E-state index contributed by atoms with van der Waals surface area (Å²) >= 11 is 1.52. The first-order chi connectivity index (χ1) is 16.5. The van der Waals surface area contributed by atoms with Crippen LogP contribution in [0.15, 0.2) is 36.5 Å². The molecule has 0 saturated carbocycles. The van der Waals surface area contributed by atoms with Gasteiger partial charge in [0.1, 0.15) is 5.65 Å². The van der Waals surface area contributed by atoms with Gasteiger partial charge in [0.25, 0.3) is 0 Å². The molecule has 1 saturated heterocycles. The van der Waals surface area contributed by atoms with Crippen molar-refractivity contribution >= 4 is 38.3 Å². The number of halogens is 1. The average Bonchev–Trinajstić information content (AvgIpc) is 3.53. The molecule has 0 aliphatic carbocycles. The molecular weight excluding hydrogens is 485 g/mol. The molecular formula is C25H28FN5O2S2. The summed E-state index contributed by atoms with van der Waals surface area (Å²) < 4.78 is 45.3. The number of hydrogen-bond acceptors (Lipinski definition) is 5. The molecule has 184 valence electrons. The van der Waals surface area contributed by atoms with Crippen LogP contribution in [0.25, 0.3) is 32.7 Å². The number of pyridine rings is 1. The van der Waals surface area contributed by atoms with Crippen LogP contribution in [0.3, 0.4) is 0 Å². The Balaban J connectivity index is 1.66. The Kier molecular flexibility index (Phi) is 5.93. The van der Waals surface area contributed by atoms with Crippen LogP contribution in [-0.4, -0.2) is 40.8 Å². The number of benzene rings is 1. The molecule has 1 fully saturated rings. The molecule has 0 atom stereocenters. The quantitative estimate of drug-likeness (QED) is 0.350. The van der Waals surface area contributed by atoms with Crippen LogP contribution in [0.5, 0.6) is 0 Å². The van der Waals surface area contributed by atoms with Crippen LogP contribution in [0.2, 0.25) is 0 Å². The van der Waals surface area contributed by atoms with E-state index in [2.05, 4.69) is 35.5 Å². The standard InChI is InChI=1S/C25H28FN5O2S2/c1-15-14-18-16(10-11-27-23(18)28-15)22-21(29-24(34-22)25(2,3)4)17-8-7-9-19(20(17)26)30-35(32,33)31-12-5-6-13-31/h7-11,14,30H,5-6,12-13H2,1-4H3,(H,27,28). The Labute approximate surface area is 208 Å². The van der Waals surface area contributed by atoms with Gasteiger partial charge >= 0.3 is 10.2 Å². The van der Waals surface area contributed by atoms with Crippen molar-refractivity contribution in [3.05, 3.63) is 53.0 Å². The molecule has 1 aromatic carbocycles. The van der Waals surface area contributed by atoms with E-state index < -0.39 is 16.0 Å². The van der Waals surface area contributed by atoms with Gasteiger partial charge in [0.05, 0.1) is 21.3 Å². The summed E-state index contributed by atoms with van der Waals surface area (Å²) in [7, 11) is -3.83. The second-order valence-corrected chi connectivity index (χ2v) is 12.6. The van der Waals surface area contributed by atoms with Crippen molar-refractivity contribution in [2.45, 2.75) is 46.0 Å². The number of aromatic amines is 1. The van der Waals surface area contributed by atoms with Gasteiger partial charge in [-0.1, -0.05) is 26.8 Å². The van der Waals surface area contributed by atoms with E-state index in [1.807, 2.05) is 19.1 Å². The minimum Gasteiger partial charge on any atom is -0.344 e. The van der Waals surface area contributed by atoms with E-state index in [0.29, 0.717) is 18.8 Å². The van der Waals surface area contributed by atoms with Crippen LogP contribution >= 0.6 is 11.3 Å². The molecule has 7 nitrogen and oxygen atoms in total. The van der Waals surface area contributed by atoms with Gasteiger partial charge in [-0.15, -0.1) is 11.3 Å². The first kappa shape index (κ1) is 23.9. The Morgan fingerprint density at radius 2 is 1.89 bits per heavy atom. The van der Waals surface area contributed by atoms with Crippen LogP contribution in [0.1, 0.15) is 44.3 Å². The Morgan fingerprint density at radius 3 is 2.60 bits per heavy atom. The van der Waals surface area contributed by atoms with Gasteiger partial charge < -0.3 is 4.98 Å². The summed E-state index contributed by atoms with van der Waals surface area (Å²) in [6.45, 7) is 9.05. The van der Waals surface area contributed by atoms with Gasteiger partial charge in [0.15, 0.2) is 5.82 Å². The maximum atomic E-state index is 15.9. The van der Waals surface area contributed by atoms with Crippen LogP contribution < -0.4 is 4.72 Å². The van der Waals surface area contributed by atoms with Gasteiger partial charge in [-0.3, -0.25) is 4.72 Å². The van der Waals surface area contributed by atoms with E-state index in [1.54, 1.807) is 18.3 Å². The minimum atomic E-state index is -3.83. The lowest BCUT2D eigenvalue weighted by atomic mass is 9.98. The number of nitrogens with zero attached hydrogens (tertiary/aromatic N) is 3. The molecule has 2 N–H and O–H groups in total. The third-order valence-electron chi connectivity index (χ3n) is 6.08. The number of nitrogens with one attached hydrogen (secondary N) is 2. The highest BCUT2D eigenvalue weighted by Crippen LogP contribution is 2.44. The fourth-order valence-electron chi connectivity index (χ4n) is 4.29. The first-order valence-electron chi connectivity index (χ1n) is 11.6. The zero-order valence-corrected chi connectivity index (χ0v) is 21.8. The molecule has 1 aliphatic heterocycles. The van der Waals surface area contributed by atoms with Crippen LogP contribution in [0.4, 0.5) is 10.1 Å². The van der Waals surface area contributed by atoms with Crippen molar-refractivity contribution < 1.29 is 12.8 Å². The third kappa shape index (κ3) is 4.46. The highest BCUT2D eigenvalue weighted by atomic mass is 32.2. The van der Waals surface area contributed by atoms with E-state index in [1.165, 1.54) is 21.7 Å². The highest BCUT2D eigenvalue weighted by molar-refractivity contribution is 7.90. The second kappa shape index (κ2) is 8.69. The van der Waals surface area contributed by atoms with Gasteiger partial charge in [-0.2, -0.15) is 12.7 Å². The largest absolute Gasteiger partial charge is 0.344 e. The molecule has 10 heteroatoms. The Morgan fingerprint density at radius 1 is 1.14 bits per heavy atom. The number of thiazole rings is 1. The number of fused-ring (bicyclic) bond motifs is 1. The van der Waals surface area contributed by atoms with Crippen LogP contribution in [-0.2, 0) is 15.6 Å². The minimum absolute atomic E-state index is 0.0805. The van der Waals surface area contributed by atoms with E-state index >= 15 is 4.39 Å². The second-order valence-electron chi connectivity index (χ2n) is 9.90. The normalized spacial score (nSPS) is 15.2. The molecule has 0 unspecified atom stereocenters. The van der Waals surface area contributed by atoms with Crippen molar-refractivity contribution in [2.24, 2.45) is 0 Å². The van der Waals surface area contributed by atoms with E-state index in [4.69, 9.17) is 4.98 Å². The molecule has 4 aromatic rings. The lowest BCUT2D eigenvalue weighted by Crippen LogP contribution is -2.33. The van der Waals surface area contributed by atoms with Crippen molar-refractivity contribution in [2.75, 3.05) is 17.8 Å². The smallest absolute Gasteiger partial charge is 0.301 e. The maximum absolute atomic E-state index is 15.9. The number of rotatable bonds is 5. The van der Waals surface area contributed by atoms with Gasteiger partial charge in [-0.05, 0) is 44.0 Å². The molecule has 0 spiro atoms. The van der Waals surface area contributed by atoms with Crippen molar-refractivity contribution in [1.29, 1.82) is 0 Å². The number of aromatic nitrogens is 3. The molecule has 1 aliphatic rings. The summed E-state index contributed by atoms with van der Waals surface area (Å²) in [4.78, 5) is 13.4. The number of H-pyrrole nitrogens is 1. The van der Waals surface area contributed by atoms with Crippen LogP contribution in [0, 0.1) is 12.7 Å². The van der Waals surface area contributed by atoms with Crippen molar-refractivity contribution in [3.63, 3.8) is 0 Å². The highest BCUT2D eigenvalue weighted by Gasteiger charge is 2.29. The lowest BCUT2D eigenvalue weighted by Gasteiger charge is -2.18. The summed E-state index contributed by atoms with van der Waals surface area (Å²) in [5, 5.41) is 1.80. The van der Waals surface area contributed by atoms with Gasteiger partial charge in [-0.25, -0.2) is 14.4 Å². The molecule has 35 heavy (non-hydrogen) atoms. The summed E-state index contributed by atoms with van der Waals surface area (Å²) in [6, 6.07) is 8.69. The predicted octanol–water partition coefficient (Wildman–Crippen LogP) is 5.85. The SMILES string of the molecule is Cc1cc2c(-c3sc(C(C)(C)C)nc3-c3cccc(NS(=O)(=O)N4CCCC4)c3F)ccnc2[nH]1. The Bertz CT molecular complexity index is 1510. The number of hydrogen-bond donors (Lipinski definition) is 2. The average molecular weight is 514 g/mol. The molecule has 0 radical (unpaired) electrons. The zero-order valence-electron chi connectivity index (χ0n) is 20.1. The van der Waals surface area contributed by atoms with E-state index in [0.717, 1.165) is 45.0 Å². The molecule has 5 rings (SSSR count). The maximum Gasteiger partial charge on any atom is 0.301 e. The summed E-state index contributed by atoms with van der Waals surface area (Å²) in [5.41, 5.74) is 3.06. The van der Waals surface area contributed by atoms with Gasteiger partial charge in [0, 0.05) is 46.9 Å². The van der Waals surface area contributed by atoms with E-state index in [9.17, 15) is 8.42 Å². The predicted molar refractivity (Wildman–Crippen MR) is 139 cm³/mol. The van der Waals surface area contributed by atoms with Gasteiger partial charge in [0.2, 0.25) is 0 Å². The molecule has 4 heterocycles. The summed E-state index contributed by atoms with van der Waals surface area (Å²) in [5.74, 6) is -0.641. The lowest BCUT2D eigenvalue weighted by molar-refractivity contribution is 0.482. The Hall–Kier alpha value is -2.82. The summed E-state index contributed by atoms with van der Waals surface area (Å²) in [6.07, 6.45) is 3.34. The molecule has 0 bridgehead atoms. The molecule has 3 aromatic heterocycles. The monoisotopic (exact) mass is 513 g/mol. The molecule has 0 amide bonds. The fraction of sp³-hybridized carbons (Fsp3) is 0.360. The van der Waals surface area contributed by atoms with Crippen molar-refractivity contribution in [3.8, 4) is 21.7 Å². The first-order valence-corrected chi connectivity index (χ1v) is 13.8. The number of aryl methyl sites for hydroxylation is 1.